The van der Waals surface area contributed by atoms with Gasteiger partial charge in [0.1, 0.15) is 5.00 Å². The molecule has 0 unspecified atom stereocenters. The van der Waals surface area contributed by atoms with Crippen LogP contribution in [0, 0.1) is 0 Å². The van der Waals surface area contributed by atoms with E-state index in [1.54, 1.807) is 24.0 Å². The molecule has 7 nitrogen and oxygen atoms in total. The summed E-state index contributed by atoms with van der Waals surface area (Å²) in [6, 6.07) is 3.48. The second-order valence-electron chi connectivity index (χ2n) is 5.50. The second kappa shape index (κ2) is 7.77. The van der Waals surface area contributed by atoms with Crippen molar-refractivity contribution < 1.29 is 19.1 Å². The van der Waals surface area contributed by atoms with Crippen LogP contribution in [0.25, 0.3) is 0 Å². The van der Waals surface area contributed by atoms with Crippen molar-refractivity contribution in [3.63, 3.8) is 0 Å². The van der Waals surface area contributed by atoms with Crippen LogP contribution in [0.1, 0.15) is 37.4 Å². The third-order valence-corrected chi connectivity index (χ3v) is 6.61. The van der Waals surface area contributed by atoms with Crippen molar-refractivity contribution in [2.24, 2.45) is 5.73 Å². The fourth-order valence-electron chi connectivity index (χ4n) is 2.72. The molecular formula is C16H16BrN3O4S2. The molecule has 2 aromatic heterocycles. The van der Waals surface area contributed by atoms with E-state index in [1.165, 1.54) is 22.7 Å². The quantitative estimate of drug-likeness (QED) is 0.733. The molecule has 3 rings (SSSR count). The third kappa shape index (κ3) is 3.76. The topological polar surface area (TPSA) is 102 Å². The first-order chi connectivity index (χ1) is 12.4. The third-order valence-electron chi connectivity index (χ3n) is 3.85. The minimum absolute atomic E-state index is 0.302. The van der Waals surface area contributed by atoms with Crippen molar-refractivity contribution in [2.45, 2.75) is 19.9 Å². The molecule has 138 valence electrons. The standard InChI is InChI=1S/C16H16BrN3O4S2/c1-2-24-16(23)20-6-5-8-10(7-20)26-15(12(8)13(18)21)19-14(22)9-3-4-11(17)25-9/h3-4H,2,5-7H2,1H3,(H2,18,21)(H,19,22). The highest BCUT2D eigenvalue weighted by Gasteiger charge is 2.30. The molecular weight excluding hydrogens is 442 g/mol. The van der Waals surface area contributed by atoms with Gasteiger partial charge in [0, 0.05) is 11.4 Å². The number of primary amides is 1. The smallest absolute Gasteiger partial charge is 0.410 e. The highest BCUT2D eigenvalue weighted by molar-refractivity contribution is 9.11. The number of hydrogen-bond donors (Lipinski definition) is 2. The summed E-state index contributed by atoms with van der Waals surface area (Å²) in [4.78, 5) is 39.3. The Morgan fingerprint density at radius 1 is 1.35 bits per heavy atom. The number of rotatable bonds is 4. The molecule has 1 aliphatic rings. The Kier molecular flexibility index (Phi) is 5.64. The molecule has 0 fully saturated rings. The zero-order valence-electron chi connectivity index (χ0n) is 13.8. The molecule has 0 atom stereocenters. The van der Waals surface area contributed by atoms with Crippen molar-refractivity contribution >= 4 is 61.5 Å². The van der Waals surface area contributed by atoms with Crippen LogP contribution < -0.4 is 11.1 Å². The molecule has 0 saturated heterocycles. The van der Waals surface area contributed by atoms with Gasteiger partial charge in [-0.2, -0.15) is 0 Å². The zero-order valence-corrected chi connectivity index (χ0v) is 17.1. The monoisotopic (exact) mass is 457 g/mol. The van der Waals surface area contributed by atoms with E-state index in [-0.39, 0.29) is 12.0 Å². The molecule has 2 aromatic rings. The van der Waals surface area contributed by atoms with Crippen LogP contribution >= 0.6 is 38.6 Å². The summed E-state index contributed by atoms with van der Waals surface area (Å²) in [6.07, 6.45) is 0.102. The van der Waals surface area contributed by atoms with Crippen molar-refractivity contribution in [3.8, 4) is 0 Å². The van der Waals surface area contributed by atoms with E-state index in [1.807, 2.05) is 0 Å². The Labute approximate surface area is 166 Å². The van der Waals surface area contributed by atoms with Crippen LogP contribution in [0.3, 0.4) is 0 Å². The van der Waals surface area contributed by atoms with E-state index in [2.05, 4.69) is 21.2 Å². The molecule has 0 bridgehead atoms. The summed E-state index contributed by atoms with van der Waals surface area (Å²) in [6.45, 7) is 2.82. The number of amides is 3. The first-order valence-electron chi connectivity index (χ1n) is 7.83. The minimum atomic E-state index is -0.588. The van der Waals surface area contributed by atoms with Gasteiger partial charge < -0.3 is 20.7 Å². The van der Waals surface area contributed by atoms with Crippen LogP contribution in [-0.2, 0) is 17.7 Å². The molecule has 0 saturated carbocycles. The number of carbonyl (C=O) groups is 3. The molecule has 1 aliphatic heterocycles. The Hall–Kier alpha value is -1.91. The normalized spacial score (nSPS) is 13.2. The first kappa shape index (κ1) is 18.9. The van der Waals surface area contributed by atoms with Crippen LogP contribution in [0.15, 0.2) is 15.9 Å². The Bertz CT molecular complexity index is 877. The van der Waals surface area contributed by atoms with Gasteiger partial charge in [0.25, 0.3) is 11.8 Å². The summed E-state index contributed by atoms with van der Waals surface area (Å²) >= 11 is 5.89. The Balaban J connectivity index is 1.87. The lowest BCUT2D eigenvalue weighted by molar-refractivity contribution is 0.0997. The summed E-state index contributed by atoms with van der Waals surface area (Å²) in [5.41, 5.74) is 6.68. The fraction of sp³-hybridized carbons (Fsp3) is 0.312. The van der Waals surface area contributed by atoms with Gasteiger partial charge >= 0.3 is 6.09 Å². The predicted molar refractivity (Wildman–Crippen MR) is 104 cm³/mol. The van der Waals surface area contributed by atoms with Crippen molar-refractivity contribution in [3.05, 3.63) is 36.8 Å². The maximum Gasteiger partial charge on any atom is 0.410 e. The van der Waals surface area contributed by atoms with Gasteiger partial charge in [-0.15, -0.1) is 22.7 Å². The van der Waals surface area contributed by atoms with Crippen LogP contribution in [0.2, 0.25) is 0 Å². The van der Waals surface area contributed by atoms with Gasteiger partial charge in [0.2, 0.25) is 0 Å². The number of fused-ring (bicyclic) bond motifs is 1. The van der Waals surface area contributed by atoms with E-state index >= 15 is 0 Å². The second-order valence-corrected chi connectivity index (χ2v) is 9.07. The molecule has 0 aliphatic carbocycles. The number of hydrogen-bond acceptors (Lipinski definition) is 6. The molecule has 3 heterocycles. The lowest BCUT2D eigenvalue weighted by Gasteiger charge is -2.26. The fourth-order valence-corrected chi connectivity index (χ4v) is 5.27. The van der Waals surface area contributed by atoms with E-state index in [4.69, 9.17) is 10.5 Å². The van der Waals surface area contributed by atoms with Crippen molar-refractivity contribution in [2.75, 3.05) is 18.5 Å². The van der Waals surface area contributed by atoms with E-state index in [0.717, 1.165) is 14.2 Å². The lowest BCUT2D eigenvalue weighted by Crippen LogP contribution is -2.36. The van der Waals surface area contributed by atoms with E-state index < -0.39 is 5.91 Å². The number of ether oxygens (including phenoxy) is 1. The van der Waals surface area contributed by atoms with Crippen LogP contribution in [-0.4, -0.2) is 36.0 Å². The molecule has 3 amide bonds. The SMILES string of the molecule is CCOC(=O)N1CCc2c(sc(NC(=O)c3ccc(Br)s3)c2C(N)=O)C1. The Morgan fingerprint density at radius 3 is 2.73 bits per heavy atom. The maximum absolute atomic E-state index is 12.4. The van der Waals surface area contributed by atoms with E-state index in [9.17, 15) is 14.4 Å². The Morgan fingerprint density at radius 2 is 2.12 bits per heavy atom. The summed E-state index contributed by atoms with van der Waals surface area (Å²) in [5, 5.41) is 3.20. The number of thiophene rings is 2. The summed E-state index contributed by atoms with van der Waals surface area (Å²) < 4.78 is 5.87. The van der Waals surface area contributed by atoms with Gasteiger partial charge in [-0.3, -0.25) is 9.59 Å². The maximum atomic E-state index is 12.4. The average Bonchev–Trinajstić information content (AvgIpc) is 3.17. The number of carbonyl (C=O) groups excluding carboxylic acids is 3. The molecule has 0 radical (unpaired) electrons. The lowest BCUT2D eigenvalue weighted by atomic mass is 10.0. The van der Waals surface area contributed by atoms with Gasteiger partial charge in [0.15, 0.2) is 0 Å². The first-order valence-corrected chi connectivity index (χ1v) is 10.3. The van der Waals surface area contributed by atoms with Crippen LogP contribution in [0.5, 0.6) is 0 Å². The number of halogens is 1. The number of nitrogens with two attached hydrogens (primary N) is 1. The average molecular weight is 458 g/mol. The van der Waals surface area contributed by atoms with Gasteiger partial charge in [0.05, 0.1) is 27.4 Å². The largest absolute Gasteiger partial charge is 0.450 e. The molecule has 10 heteroatoms. The molecule has 0 aromatic carbocycles. The molecule has 26 heavy (non-hydrogen) atoms. The summed E-state index contributed by atoms with van der Waals surface area (Å²) in [5.74, 6) is -0.890. The highest BCUT2D eigenvalue weighted by atomic mass is 79.9. The minimum Gasteiger partial charge on any atom is -0.450 e. The van der Waals surface area contributed by atoms with Gasteiger partial charge in [-0.25, -0.2) is 4.79 Å². The number of nitrogens with zero attached hydrogens (tertiary/aromatic N) is 1. The highest BCUT2D eigenvalue weighted by Crippen LogP contribution is 2.37. The molecule has 0 spiro atoms. The summed E-state index contributed by atoms with van der Waals surface area (Å²) in [7, 11) is 0. The number of anilines is 1. The predicted octanol–water partition coefficient (Wildman–Crippen LogP) is 3.44. The molecule has 3 N–H and O–H groups in total. The zero-order chi connectivity index (χ0) is 18.8. The van der Waals surface area contributed by atoms with Gasteiger partial charge in [-0.05, 0) is 47.0 Å². The van der Waals surface area contributed by atoms with Gasteiger partial charge in [-0.1, -0.05) is 0 Å². The van der Waals surface area contributed by atoms with Crippen LogP contribution in [0.4, 0.5) is 9.80 Å². The van der Waals surface area contributed by atoms with Crippen molar-refractivity contribution in [1.82, 2.24) is 4.90 Å². The van der Waals surface area contributed by atoms with Crippen molar-refractivity contribution in [1.29, 1.82) is 0 Å². The van der Waals surface area contributed by atoms with E-state index in [0.29, 0.717) is 41.6 Å². The number of nitrogens with one attached hydrogen (secondary N) is 1.